The van der Waals surface area contributed by atoms with Crippen molar-refractivity contribution < 1.29 is 9.84 Å². The number of methoxy groups -OCH3 is 1. The second kappa shape index (κ2) is 6.45. The molecule has 0 amide bonds. The van der Waals surface area contributed by atoms with E-state index in [9.17, 15) is 5.11 Å². The van der Waals surface area contributed by atoms with Crippen LogP contribution < -0.4 is 4.90 Å². The van der Waals surface area contributed by atoms with E-state index in [1.807, 2.05) is 13.0 Å². The fourth-order valence-electron chi connectivity index (χ4n) is 1.64. The Hall–Kier alpha value is -1.13. The summed E-state index contributed by atoms with van der Waals surface area (Å²) in [5, 5.41) is 9.28. The predicted octanol–water partition coefficient (Wildman–Crippen LogP) is 1.36. The van der Waals surface area contributed by atoms with Gasteiger partial charge in [-0.3, -0.25) is 4.98 Å². The van der Waals surface area contributed by atoms with E-state index in [-0.39, 0.29) is 6.61 Å². The Morgan fingerprint density at radius 3 is 2.81 bits per heavy atom. The van der Waals surface area contributed by atoms with Crippen LogP contribution in [-0.4, -0.2) is 36.9 Å². The molecule has 4 heteroatoms. The number of aromatic nitrogens is 1. The highest BCUT2D eigenvalue weighted by atomic mass is 16.5. The zero-order chi connectivity index (χ0) is 12.0. The Kier molecular flexibility index (Phi) is 5.22. The van der Waals surface area contributed by atoms with Gasteiger partial charge in [0.15, 0.2) is 0 Å². The van der Waals surface area contributed by atoms with Crippen molar-refractivity contribution in [3.63, 3.8) is 0 Å². The molecule has 0 atom stereocenters. The Bertz CT molecular complexity index is 329. The molecule has 4 nitrogen and oxygen atoms in total. The molecule has 0 bridgehead atoms. The maximum atomic E-state index is 9.28. The minimum atomic E-state index is 0.0199. The minimum Gasteiger partial charge on any atom is -0.392 e. The molecule has 0 aliphatic heterocycles. The Labute approximate surface area is 96.9 Å². The molecule has 1 rings (SSSR count). The number of aliphatic hydroxyl groups excluding tert-OH is 1. The summed E-state index contributed by atoms with van der Waals surface area (Å²) >= 11 is 0. The molecule has 1 N–H and O–H groups in total. The molecule has 0 aliphatic carbocycles. The second-order valence-corrected chi connectivity index (χ2v) is 3.68. The first-order valence-electron chi connectivity index (χ1n) is 5.53. The summed E-state index contributed by atoms with van der Waals surface area (Å²) in [5.74, 6) is 0. The molecular formula is C12H20N2O2. The molecule has 1 aromatic heterocycles. The highest BCUT2D eigenvalue weighted by molar-refractivity contribution is 5.53. The molecule has 16 heavy (non-hydrogen) atoms. The summed E-state index contributed by atoms with van der Waals surface area (Å²) in [4.78, 5) is 6.37. The molecule has 0 fully saturated rings. The van der Waals surface area contributed by atoms with Crippen molar-refractivity contribution in [2.24, 2.45) is 0 Å². The van der Waals surface area contributed by atoms with Gasteiger partial charge in [0.25, 0.3) is 0 Å². The smallest absolute Gasteiger partial charge is 0.0717 e. The van der Waals surface area contributed by atoms with Gasteiger partial charge in [0.05, 0.1) is 13.2 Å². The van der Waals surface area contributed by atoms with Crippen molar-refractivity contribution in [1.82, 2.24) is 4.98 Å². The zero-order valence-corrected chi connectivity index (χ0v) is 10.2. The van der Waals surface area contributed by atoms with Crippen LogP contribution in [0.1, 0.15) is 18.2 Å². The third kappa shape index (κ3) is 3.18. The van der Waals surface area contributed by atoms with Crippen molar-refractivity contribution in [3.8, 4) is 0 Å². The third-order valence-electron chi connectivity index (χ3n) is 2.56. The average Bonchev–Trinajstić information content (AvgIpc) is 2.30. The molecular weight excluding hydrogens is 204 g/mol. The van der Waals surface area contributed by atoms with E-state index in [1.165, 1.54) is 0 Å². The van der Waals surface area contributed by atoms with Gasteiger partial charge >= 0.3 is 0 Å². The first-order valence-corrected chi connectivity index (χ1v) is 5.53. The normalized spacial score (nSPS) is 10.5. The van der Waals surface area contributed by atoms with Crippen LogP contribution in [0.2, 0.25) is 0 Å². The summed E-state index contributed by atoms with van der Waals surface area (Å²) in [6.45, 7) is 6.46. The highest BCUT2D eigenvalue weighted by Gasteiger charge is 2.09. The SMILES string of the molecule is CCN(CCOC)c1cc(C)ncc1CO. The fraction of sp³-hybridized carbons (Fsp3) is 0.583. The van der Waals surface area contributed by atoms with Gasteiger partial charge in [0.2, 0.25) is 0 Å². The standard InChI is InChI=1S/C12H20N2O2/c1-4-14(5-6-16-3)12-7-10(2)13-8-11(12)9-15/h7-8,15H,4-6,9H2,1-3H3. The van der Waals surface area contributed by atoms with E-state index in [0.29, 0.717) is 6.61 Å². The topological polar surface area (TPSA) is 45.6 Å². The van der Waals surface area contributed by atoms with Gasteiger partial charge in [-0.05, 0) is 19.9 Å². The largest absolute Gasteiger partial charge is 0.392 e. The van der Waals surface area contributed by atoms with Gasteiger partial charge in [-0.15, -0.1) is 0 Å². The lowest BCUT2D eigenvalue weighted by atomic mass is 10.2. The van der Waals surface area contributed by atoms with Gasteiger partial charge in [-0.2, -0.15) is 0 Å². The third-order valence-corrected chi connectivity index (χ3v) is 2.56. The van der Waals surface area contributed by atoms with E-state index < -0.39 is 0 Å². The number of pyridine rings is 1. The predicted molar refractivity (Wildman–Crippen MR) is 64.7 cm³/mol. The summed E-state index contributed by atoms with van der Waals surface area (Å²) in [7, 11) is 1.69. The lowest BCUT2D eigenvalue weighted by Gasteiger charge is -2.25. The first-order chi connectivity index (χ1) is 7.72. The number of aryl methyl sites for hydroxylation is 1. The number of hydrogen-bond acceptors (Lipinski definition) is 4. The minimum absolute atomic E-state index is 0.0199. The molecule has 0 aromatic carbocycles. The number of likely N-dealkylation sites (N-methyl/N-ethyl adjacent to an activating group) is 1. The maximum Gasteiger partial charge on any atom is 0.0717 e. The van der Waals surface area contributed by atoms with Crippen LogP contribution in [0.4, 0.5) is 5.69 Å². The van der Waals surface area contributed by atoms with E-state index in [0.717, 1.165) is 30.0 Å². The molecule has 0 saturated heterocycles. The number of nitrogens with zero attached hydrogens (tertiary/aromatic N) is 2. The summed E-state index contributed by atoms with van der Waals surface area (Å²) in [6, 6.07) is 2.00. The van der Waals surface area contributed by atoms with E-state index in [1.54, 1.807) is 13.3 Å². The van der Waals surface area contributed by atoms with Crippen LogP contribution in [0.3, 0.4) is 0 Å². The van der Waals surface area contributed by atoms with Crippen molar-refractivity contribution in [2.75, 3.05) is 31.7 Å². The van der Waals surface area contributed by atoms with Crippen LogP contribution in [0.15, 0.2) is 12.3 Å². The number of aliphatic hydroxyl groups is 1. The first kappa shape index (κ1) is 12.9. The van der Waals surface area contributed by atoms with E-state index >= 15 is 0 Å². The van der Waals surface area contributed by atoms with Gasteiger partial charge in [0.1, 0.15) is 0 Å². The van der Waals surface area contributed by atoms with Gasteiger partial charge in [-0.1, -0.05) is 0 Å². The Balaban J connectivity index is 2.92. The second-order valence-electron chi connectivity index (χ2n) is 3.68. The quantitative estimate of drug-likeness (QED) is 0.792. The van der Waals surface area contributed by atoms with Gasteiger partial charge in [0, 0.05) is 43.3 Å². The van der Waals surface area contributed by atoms with Crippen molar-refractivity contribution in [2.45, 2.75) is 20.5 Å². The van der Waals surface area contributed by atoms with Crippen LogP contribution >= 0.6 is 0 Å². The van der Waals surface area contributed by atoms with Crippen LogP contribution in [0.25, 0.3) is 0 Å². The van der Waals surface area contributed by atoms with Crippen LogP contribution in [0, 0.1) is 6.92 Å². The Morgan fingerprint density at radius 2 is 2.25 bits per heavy atom. The van der Waals surface area contributed by atoms with Crippen LogP contribution in [0.5, 0.6) is 0 Å². The number of hydrogen-bond donors (Lipinski definition) is 1. The van der Waals surface area contributed by atoms with Gasteiger partial charge < -0.3 is 14.7 Å². The molecule has 0 spiro atoms. The number of ether oxygens (including phenoxy) is 1. The highest BCUT2D eigenvalue weighted by Crippen LogP contribution is 2.20. The average molecular weight is 224 g/mol. The molecule has 1 aromatic rings. The zero-order valence-electron chi connectivity index (χ0n) is 10.2. The van der Waals surface area contributed by atoms with Crippen molar-refractivity contribution in [1.29, 1.82) is 0 Å². The lowest BCUT2D eigenvalue weighted by molar-refractivity contribution is 0.205. The number of rotatable bonds is 6. The lowest BCUT2D eigenvalue weighted by Crippen LogP contribution is -2.28. The molecule has 0 radical (unpaired) electrons. The molecule has 90 valence electrons. The number of anilines is 1. The van der Waals surface area contributed by atoms with Crippen LogP contribution in [-0.2, 0) is 11.3 Å². The molecule has 0 unspecified atom stereocenters. The molecule has 1 heterocycles. The maximum absolute atomic E-state index is 9.28. The summed E-state index contributed by atoms with van der Waals surface area (Å²) < 4.78 is 5.08. The van der Waals surface area contributed by atoms with Gasteiger partial charge in [-0.25, -0.2) is 0 Å². The Morgan fingerprint density at radius 1 is 1.50 bits per heavy atom. The van der Waals surface area contributed by atoms with Crippen molar-refractivity contribution >= 4 is 5.69 Å². The van der Waals surface area contributed by atoms with Crippen molar-refractivity contribution in [3.05, 3.63) is 23.5 Å². The molecule has 0 aliphatic rings. The fourth-order valence-corrected chi connectivity index (χ4v) is 1.64. The monoisotopic (exact) mass is 224 g/mol. The summed E-state index contributed by atoms with van der Waals surface area (Å²) in [5.41, 5.74) is 2.88. The molecule has 0 saturated carbocycles. The summed E-state index contributed by atoms with van der Waals surface area (Å²) in [6.07, 6.45) is 1.74. The van der Waals surface area contributed by atoms with E-state index in [2.05, 4.69) is 16.8 Å². The van der Waals surface area contributed by atoms with E-state index in [4.69, 9.17) is 4.74 Å².